The molecule has 1 heteroatoms. The summed E-state index contributed by atoms with van der Waals surface area (Å²) >= 11 is 0. The molecule has 0 aromatic heterocycles. The van der Waals surface area contributed by atoms with Crippen LogP contribution < -0.4 is 0 Å². The van der Waals surface area contributed by atoms with Crippen molar-refractivity contribution in [2.45, 2.75) is 20.3 Å². The zero-order valence-corrected chi connectivity index (χ0v) is 6.79. The molecule has 0 amide bonds. The van der Waals surface area contributed by atoms with Crippen LogP contribution in [-0.2, 0) is 0 Å². The normalized spacial score (nSPS) is 8.00. The van der Waals surface area contributed by atoms with Gasteiger partial charge in [0, 0.05) is 49.4 Å². The molecule has 0 aliphatic rings. The largest absolute Gasteiger partial charge is 0.0628 e. The van der Waals surface area contributed by atoms with Gasteiger partial charge in [-0.1, -0.05) is 27.2 Å². The smallest absolute Gasteiger partial charge is 0 e. The Morgan fingerprint density at radius 1 is 1.50 bits per heavy atom. The van der Waals surface area contributed by atoms with Crippen molar-refractivity contribution in [3.8, 4) is 0 Å². The number of hydrogen-bond acceptors (Lipinski definition) is 0. The summed E-state index contributed by atoms with van der Waals surface area (Å²) in [6, 6.07) is 0. The minimum absolute atomic E-state index is 0. The molecule has 6 heavy (non-hydrogen) atoms. The molecule has 0 unspecified atom stereocenters. The van der Waals surface area contributed by atoms with E-state index in [-0.39, 0.29) is 49.4 Å². The summed E-state index contributed by atoms with van der Waals surface area (Å²) in [6.07, 6.45) is 1.06. The summed E-state index contributed by atoms with van der Waals surface area (Å²) < 4.78 is 0. The first kappa shape index (κ1) is 10.5. The van der Waals surface area contributed by atoms with Crippen molar-refractivity contribution in [1.82, 2.24) is 0 Å². The first-order valence-corrected chi connectivity index (χ1v) is 2.06. The van der Waals surface area contributed by atoms with Gasteiger partial charge in [-0.3, -0.25) is 0 Å². The topological polar surface area (TPSA) is 0 Å². The van der Waals surface area contributed by atoms with Crippen LogP contribution in [0.25, 0.3) is 0 Å². The third-order valence-electron chi connectivity index (χ3n) is 0.577. The van der Waals surface area contributed by atoms with E-state index in [0.717, 1.165) is 12.3 Å². The molecular formula is C5H11Eu. The first-order chi connectivity index (χ1) is 2.27. The first-order valence-electron chi connectivity index (χ1n) is 2.06. The van der Waals surface area contributed by atoms with Gasteiger partial charge in [-0.15, -0.1) is 0 Å². The van der Waals surface area contributed by atoms with Gasteiger partial charge < -0.3 is 0 Å². The van der Waals surface area contributed by atoms with Gasteiger partial charge >= 0.3 is 0 Å². The maximum Gasteiger partial charge on any atom is 0 e. The fourth-order valence-corrected chi connectivity index (χ4v) is 0. The van der Waals surface area contributed by atoms with E-state index in [4.69, 9.17) is 0 Å². The maximum absolute atomic E-state index is 3.69. The van der Waals surface area contributed by atoms with Crippen LogP contribution in [0.5, 0.6) is 0 Å². The Bertz CT molecular complexity index is 17.9. The molecule has 0 saturated carbocycles. The van der Waals surface area contributed by atoms with Crippen LogP contribution in [0.15, 0.2) is 0 Å². The van der Waals surface area contributed by atoms with E-state index < -0.39 is 0 Å². The molecule has 2 radical (unpaired) electrons. The second-order valence-electron chi connectivity index (χ2n) is 1.68. The molecule has 0 spiro atoms. The van der Waals surface area contributed by atoms with E-state index in [9.17, 15) is 0 Å². The minimum atomic E-state index is 0. The molecule has 0 atom stereocenters. The molecule has 0 N–H and O–H groups in total. The van der Waals surface area contributed by atoms with Gasteiger partial charge in [0.2, 0.25) is 0 Å². The third kappa shape index (κ3) is 9.14. The number of hydrogen-bond donors (Lipinski definition) is 0. The molecule has 0 heterocycles. The van der Waals surface area contributed by atoms with Gasteiger partial charge in [-0.25, -0.2) is 0 Å². The zero-order valence-electron chi connectivity index (χ0n) is 4.37. The van der Waals surface area contributed by atoms with Gasteiger partial charge in [0.1, 0.15) is 0 Å². The SMILES string of the molecule is [CH2]CC(C)C.[Eu]. The molecule has 0 aromatic rings. The van der Waals surface area contributed by atoms with Crippen molar-refractivity contribution >= 4 is 0 Å². The molecule has 0 aliphatic heterocycles. The van der Waals surface area contributed by atoms with Crippen LogP contribution in [0, 0.1) is 62.2 Å². The van der Waals surface area contributed by atoms with E-state index in [1.807, 2.05) is 0 Å². The van der Waals surface area contributed by atoms with Crippen molar-refractivity contribution in [1.29, 1.82) is 0 Å². The monoisotopic (exact) mass is 224 g/mol. The average molecular weight is 223 g/mol. The minimum Gasteiger partial charge on any atom is -0.0628 e. The molecule has 0 aliphatic carbocycles. The van der Waals surface area contributed by atoms with Crippen molar-refractivity contribution in [2.24, 2.45) is 5.92 Å². The maximum atomic E-state index is 3.69. The third-order valence-corrected chi connectivity index (χ3v) is 0.577. The quantitative estimate of drug-likeness (QED) is 0.636. The van der Waals surface area contributed by atoms with Crippen LogP contribution in [0.3, 0.4) is 0 Å². The van der Waals surface area contributed by atoms with Gasteiger partial charge in [0.05, 0.1) is 0 Å². The molecular weight excluding hydrogens is 212 g/mol. The Balaban J connectivity index is 0. The Kier molecular flexibility index (Phi) is 11.6. The van der Waals surface area contributed by atoms with E-state index in [1.54, 1.807) is 0 Å². The zero-order chi connectivity index (χ0) is 4.28. The molecule has 38 valence electrons. The Morgan fingerprint density at radius 2 is 1.67 bits per heavy atom. The van der Waals surface area contributed by atoms with Crippen LogP contribution in [-0.4, -0.2) is 0 Å². The fraction of sp³-hybridized carbons (Fsp3) is 0.800. The van der Waals surface area contributed by atoms with Gasteiger partial charge in [-0.05, 0) is 5.92 Å². The molecule has 0 saturated heterocycles. The summed E-state index contributed by atoms with van der Waals surface area (Å²) in [6.45, 7) is 8.00. The van der Waals surface area contributed by atoms with E-state index >= 15 is 0 Å². The predicted molar refractivity (Wildman–Crippen MR) is 24.8 cm³/mol. The van der Waals surface area contributed by atoms with Crippen molar-refractivity contribution in [3.63, 3.8) is 0 Å². The van der Waals surface area contributed by atoms with Crippen LogP contribution >= 0.6 is 0 Å². The van der Waals surface area contributed by atoms with Crippen molar-refractivity contribution in [2.75, 3.05) is 0 Å². The molecule has 0 bridgehead atoms. The molecule has 0 nitrogen and oxygen atoms in total. The number of rotatable bonds is 1. The van der Waals surface area contributed by atoms with Gasteiger partial charge in [-0.2, -0.15) is 0 Å². The average Bonchev–Trinajstić information content (AvgIpc) is 1.38. The summed E-state index contributed by atoms with van der Waals surface area (Å²) in [5.41, 5.74) is 0. The van der Waals surface area contributed by atoms with Gasteiger partial charge in [0.15, 0.2) is 0 Å². The van der Waals surface area contributed by atoms with E-state index in [0.29, 0.717) is 0 Å². The summed E-state index contributed by atoms with van der Waals surface area (Å²) in [4.78, 5) is 0. The Morgan fingerprint density at radius 3 is 1.67 bits per heavy atom. The molecule has 0 aromatic carbocycles. The second kappa shape index (κ2) is 6.58. The summed E-state index contributed by atoms with van der Waals surface area (Å²) in [5, 5.41) is 0. The summed E-state index contributed by atoms with van der Waals surface area (Å²) in [5.74, 6) is 0.773. The van der Waals surface area contributed by atoms with Crippen LogP contribution in [0.2, 0.25) is 0 Å². The van der Waals surface area contributed by atoms with Crippen molar-refractivity contribution < 1.29 is 49.4 Å². The standard InChI is InChI=1S/C5H11.Eu/c1-4-5(2)3;/h5H,1,4H2,2-3H3;. The fourth-order valence-electron chi connectivity index (χ4n) is 0. The predicted octanol–water partition coefficient (Wildman–Crippen LogP) is 1.87. The molecule has 0 rings (SSSR count). The van der Waals surface area contributed by atoms with E-state index in [1.165, 1.54) is 0 Å². The van der Waals surface area contributed by atoms with Crippen LogP contribution in [0.1, 0.15) is 20.3 Å². The van der Waals surface area contributed by atoms with Gasteiger partial charge in [0.25, 0.3) is 0 Å². The summed E-state index contributed by atoms with van der Waals surface area (Å²) in [7, 11) is 0. The Labute approximate surface area is 81.2 Å². The second-order valence-corrected chi connectivity index (χ2v) is 1.68. The Hall–Kier alpha value is 1.58. The van der Waals surface area contributed by atoms with Crippen molar-refractivity contribution in [3.05, 3.63) is 6.92 Å². The van der Waals surface area contributed by atoms with Crippen LogP contribution in [0.4, 0.5) is 0 Å². The molecule has 0 fully saturated rings. The van der Waals surface area contributed by atoms with E-state index in [2.05, 4.69) is 20.8 Å².